The van der Waals surface area contributed by atoms with Gasteiger partial charge in [-0.2, -0.15) is 0 Å². The van der Waals surface area contributed by atoms with E-state index < -0.39 is 0 Å². The fourth-order valence-electron chi connectivity index (χ4n) is 1.71. The van der Waals surface area contributed by atoms with Crippen LogP contribution in [0.1, 0.15) is 32.8 Å². The average Bonchev–Trinajstić information content (AvgIpc) is 2.15. The maximum atomic E-state index is 11.5. The van der Waals surface area contributed by atoms with E-state index in [-0.39, 0.29) is 11.4 Å². The van der Waals surface area contributed by atoms with Crippen LogP contribution in [0, 0.1) is 0 Å². The predicted molar refractivity (Wildman–Crippen MR) is 70.7 cm³/mol. The highest BCUT2D eigenvalue weighted by Gasteiger charge is 2.27. The van der Waals surface area contributed by atoms with Gasteiger partial charge < -0.3 is 4.74 Å². The van der Waals surface area contributed by atoms with E-state index in [0.717, 1.165) is 5.56 Å². The molecule has 0 heterocycles. The van der Waals surface area contributed by atoms with Crippen molar-refractivity contribution in [2.45, 2.75) is 32.6 Å². The van der Waals surface area contributed by atoms with Crippen LogP contribution in [0.2, 0.25) is 10.0 Å². The van der Waals surface area contributed by atoms with Crippen LogP contribution in [0.15, 0.2) is 18.2 Å². The monoisotopic (exact) mass is 274 g/mol. The molecule has 0 aliphatic heterocycles. The van der Waals surface area contributed by atoms with E-state index >= 15 is 0 Å². The van der Waals surface area contributed by atoms with Crippen LogP contribution < -0.4 is 0 Å². The van der Waals surface area contributed by atoms with Crippen molar-refractivity contribution in [3.8, 4) is 0 Å². The molecule has 0 atom stereocenters. The van der Waals surface area contributed by atoms with Gasteiger partial charge >= 0.3 is 5.97 Å². The molecule has 17 heavy (non-hydrogen) atoms. The van der Waals surface area contributed by atoms with E-state index in [2.05, 4.69) is 0 Å². The standard InChI is InChI=1S/C13H16Cl2O2/c1-4-17-12(16)8-13(2,3)10-6-5-9(14)7-11(10)15/h5-7H,4,8H2,1-3H3. The quantitative estimate of drug-likeness (QED) is 0.769. The van der Waals surface area contributed by atoms with Gasteiger partial charge in [0.05, 0.1) is 13.0 Å². The lowest BCUT2D eigenvalue weighted by Crippen LogP contribution is -2.23. The summed E-state index contributed by atoms with van der Waals surface area (Å²) in [6.45, 7) is 6.10. The van der Waals surface area contributed by atoms with Crippen molar-refractivity contribution in [2.75, 3.05) is 6.61 Å². The van der Waals surface area contributed by atoms with E-state index in [1.165, 1.54) is 0 Å². The van der Waals surface area contributed by atoms with Crippen LogP contribution in [0.5, 0.6) is 0 Å². The second kappa shape index (κ2) is 5.74. The number of carbonyl (C=O) groups excluding carboxylic acids is 1. The third kappa shape index (κ3) is 3.90. The van der Waals surface area contributed by atoms with Crippen molar-refractivity contribution in [1.82, 2.24) is 0 Å². The molecule has 0 bridgehead atoms. The van der Waals surface area contributed by atoms with Crippen molar-refractivity contribution in [1.29, 1.82) is 0 Å². The second-order valence-corrected chi connectivity index (χ2v) is 5.33. The largest absolute Gasteiger partial charge is 0.466 e. The first kappa shape index (κ1) is 14.3. The summed E-state index contributed by atoms with van der Waals surface area (Å²) in [6, 6.07) is 5.31. The minimum absolute atomic E-state index is 0.219. The van der Waals surface area contributed by atoms with Gasteiger partial charge in [0.15, 0.2) is 0 Å². The van der Waals surface area contributed by atoms with Crippen molar-refractivity contribution in [2.24, 2.45) is 0 Å². The molecular formula is C13H16Cl2O2. The molecule has 1 aromatic carbocycles. The van der Waals surface area contributed by atoms with E-state index in [1.54, 1.807) is 19.1 Å². The molecule has 0 saturated heterocycles. The van der Waals surface area contributed by atoms with Crippen molar-refractivity contribution < 1.29 is 9.53 Å². The summed E-state index contributed by atoms with van der Waals surface area (Å²) in [5.41, 5.74) is 0.533. The molecule has 0 aromatic heterocycles. The van der Waals surface area contributed by atoms with Gasteiger partial charge in [-0.1, -0.05) is 43.1 Å². The number of halogens is 2. The number of esters is 1. The highest BCUT2D eigenvalue weighted by Crippen LogP contribution is 2.34. The fraction of sp³-hybridized carbons (Fsp3) is 0.462. The molecule has 0 unspecified atom stereocenters. The van der Waals surface area contributed by atoms with Crippen LogP contribution in [0.4, 0.5) is 0 Å². The summed E-state index contributed by atoms with van der Waals surface area (Å²) in [5, 5.41) is 1.16. The van der Waals surface area contributed by atoms with Crippen molar-refractivity contribution in [3.05, 3.63) is 33.8 Å². The number of ether oxygens (including phenoxy) is 1. The normalized spacial score (nSPS) is 11.4. The van der Waals surface area contributed by atoms with Crippen LogP contribution in [0.3, 0.4) is 0 Å². The van der Waals surface area contributed by atoms with Gasteiger partial charge in [-0.05, 0) is 24.6 Å². The van der Waals surface area contributed by atoms with Crippen LogP contribution >= 0.6 is 23.2 Å². The first-order chi connectivity index (χ1) is 7.86. The molecule has 0 aliphatic carbocycles. The Labute approximate surface area is 112 Å². The molecule has 0 spiro atoms. The molecule has 94 valence electrons. The van der Waals surface area contributed by atoms with Crippen LogP contribution in [0.25, 0.3) is 0 Å². The summed E-state index contributed by atoms with van der Waals surface area (Å²) in [5.74, 6) is -0.219. The lowest BCUT2D eigenvalue weighted by Gasteiger charge is -2.25. The third-order valence-electron chi connectivity index (χ3n) is 2.55. The molecular weight excluding hydrogens is 259 g/mol. The van der Waals surface area contributed by atoms with Crippen molar-refractivity contribution in [3.63, 3.8) is 0 Å². The van der Waals surface area contributed by atoms with E-state index in [4.69, 9.17) is 27.9 Å². The van der Waals surface area contributed by atoms with E-state index in [1.807, 2.05) is 19.9 Å². The maximum absolute atomic E-state index is 11.5. The van der Waals surface area contributed by atoms with Gasteiger partial charge in [-0.25, -0.2) is 0 Å². The maximum Gasteiger partial charge on any atom is 0.306 e. The van der Waals surface area contributed by atoms with Gasteiger partial charge in [-0.15, -0.1) is 0 Å². The molecule has 0 saturated carbocycles. The van der Waals surface area contributed by atoms with Crippen LogP contribution in [-0.4, -0.2) is 12.6 Å². The SMILES string of the molecule is CCOC(=O)CC(C)(C)c1ccc(Cl)cc1Cl. The highest BCUT2D eigenvalue weighted by molar-refractivity contribution is 6.35. The number of hydrogen-bond donors (Lipinski definition) is 0. The summed E-state index contributed by atoms with van der Waals surface area (Å²) in [7, 11) is 0. The van der Waals surface area contributed by atoms with Gasteiger partial charge in [0.2, 0.25) is 0 Å². The average molecular weight is 275 g/mol. The minimum atomic E-state index is -0.367. The summed E-state index contributed by atoms with van der Waals surface area (Å²) in [4.78, 5) is 11.5. The zero-order valence-electron chi connectivity index (χ0n) is 10.2. The first-order valence-corrected chi connectivity index (χ1v) is 6.23. The summed E-state index contributed by atoms with van der Waals surface area (Å²) >= 11 is 12.0. The Morgan fingerprint density at radius 3 is 2.53 bits per heavy atom. The predicted octanol–water partition coefficient (Wildman–Crippen LogP) is 4.22. The summed E-state index contributed by atoms with van der Waals surface area (Å²) in [6.07, 6.45) is 0.294. The van der Waals surface area contributed by atoms with E-state index in [9.17, 15) is 4.79 Å². The minimum Gasteiger partial charge on any atom is -0.466 e. The highest BCUT2D eigenvalue weighted by atomic mass is 35.5. The zero-order valence-corrected chi connectivity index (χ0v) is 11.7. The Hall–Kier alpha value is -0.730. The van der Waals surface area contributed by atoms with Crippen LogP contribution in [-0.2, 0) is 14.9 Å². The Morgan fingerprint density at radius 2 is 2.00 bits per heavy atom. The second-order valence-electron chi connectivity index (χ2n) is 4.49. The number of rotatable bonds is 4. The molecule has 1 aromatic rings. The molecule has 0 N–H and O–H groups in total. The molecule has 0 amide bonds. The molecule has 1 rings (SSSR count). The summed E-state index contributed by atoms with van der Waals surface area (Å²) < 4.78 is 4.95. The Kier molecular flexibility index (Phi) is 4.84. The molecule has 0 radical (unpaired) electrons. The van der Waals surface area contributed by atoms with Crippen molar-refractivity contribution >= 4 is 29.2 Å². The van der Waals surface area contributed by atoms with E-state index in [0.29, 0.717) is 23.1 Å². The van der Waals surface area contributed by atoms with Gasteiger partial charge in [0, 0.05) is 15.5 Å². The molecule has 0 aliphatic rings. The van der Waals surface area contributed by atoms with Gasteiger partial charge in [0.1, 0.15) is 0 Å². The molecule has 2 nitrogen and oxygen atoms in total. The third-order valence-corrected chi connectivity index (χ3v) is 3.10. The number of hydrogen-bond acceptors (Lipinski definition) is 2. The van der Waals surface area contributed by atoms with Gasteiger partial charge in [-0.3, -0.25) is 4.79 Å². The number of carbonyl (C=O) groups is 1. The first-order valence-electron chi connectivity index (χ1n) is 5.48. The number of benzene rings is 1. The fourth-order valence-corrected chi connectivity index (χ4v) is 2.37. The zero-order chi connectivity index (χ0) is 13.1. The Balaban J connectivity index is 2.92. The lowest BCUT2D eigenvalue weighted by atomic mass is 9.81. The Bertz CT molecular complexity index is 414. The molecule has 0 fully saturated rings. The van der Waals surface area contributed by atoms with Gasteiger partial charge in [0.25, 0.3) is 0 Å². The topological polar surface area (TPSA) is 26.3 Å². The lowest BCUT2D eigenvalue weighted by molar-refractivity contribution is -0.144. The molecule has 4 heteroatoms. The Morgan fingerprint density at radius 1 is 1.35 bits per heavy atom. The smallest absolute Gasteiger partial charge is 0.306 e.